The molecule has 0 amide bonds. The molecular weight excluding hydrogens is 205 g/mol. The Kier molecular flexibility index (Phi) is 3.31. The number of H-pyrrole nitrogens is 1. The molecule has 0 aliphatic rings. The van der Waals surface area contributed by atoms with Gasteiger partial charge in [0, 0.05) is 24.2 Å². The van der Waals surface area contributed by atoms with Crippen LogP contribution in [0.1, 0.15) is 5.69 Å². The maximum atomic E-state index is 13.0. The number of halogens is 1. The standard InChI is InChI=1S/C12H14FN3/c1-14-6-5-11-8-12(16-15-11)9-3-2-4-10(13)7-9/h2-4,7-8,14H,5-6H2,1H3,(H,15,16). The zero-order valence-electron chi connectivity index (χ0n) is 9.13. The summed E-state index contributed by atoms with van der Waals surface area (Å²) in [6, 6.07) is 8.40. The molecular formula is C12H14FN3. The Morgan fingerprint density at radius 3 is 3.00 bits per heavy atom. The lowest BCUT2D eigenvalue weighted by molar-refractivity contribution is 0.628. The predicted molar refractivity (Wildman–Crippen MR) is 61.6 cm³/mol. The van der Waals surface area contributed by atoms with Crippen LogP contribution in [0.3, 0.4) is 0 Å². The van der Waals surface area contributed by atoms with Crippen LogP contribution in [0.2, 0.25) is 0 Å². The van der Waals surface area contributed by atoms with E-state index < -0.39 is 0 Å². The molecule has 4 heteroatoms. The molecule has 84 valence electrons. The quantitative estimate of drug-likeness (QED) is 0.825. The van der Waals surface area contributed by atoms with E-state index in [0.717, 1.165) is 29.9 Å². The van der Waals surface area contributed by atoms with Crippen molar-refractivity contribution in [3.63, 3.8) is 0 Å². The molecule has 0 saturated heterocycles. The summed E-state index contributed by atoms with van der Waals surface area (Å²) in [5.41, 5.74) is 2.63. The van der Waals surface area contributed by atoms with Crippen molar-refractivity contribution >= 4 is 0 Å². The highest BCUT2D eigenvalue weighted by molar-refractivity contribution is 5.59. The molecule has 0 saturated carbocycles. The fourth-order valence-electron chi connectivity index (χ4n) is 1.55. The zero-order chi connectivity index (χ0) is 11.4. The Balaban J connectivity index is 2.18. The second-order valence-electron chi connectivity index (χ2n) is 3.64. The monoisotopic (exact) mass is 219 g/mol. The Morgan fingerprint density at radius 2 is 2.25 bits per heavy atom. The second kappa shape index (κ2) is 4.90. The third-order valence-corrected chi connectivity index (χ3v) is 2.40. The van der Waals surface area contributed by atoms with Gasteiger partial charge in [0.25, 0.3) is 0 Å². The third-order valence-electron chi connectivity index (χ3n) is 2.40. The maximum Gasteiger partial charge on any atom is 0.123 e. The van der Waals surface area contributed by atoms with Crippen molar-refractivity contribution in [3.05, 3.63) is 41.8 Å². The molecule has 2 aromatic rings. The summed E-state index contributed by atoms with van der Waals surface area (Å²) >= 11 is 0. The molecule has 0 fully saturated rings. The number of hydrogen-bond donors (Lipinski definition) is 2. The van der Waals surface area contributed by atoms with Crippen LogP contribution in [0.5, 0.6) is 0 Å². The Labute approximate surface area is 93.7 Å². The van der Waals surface area contributed by atoms with Crippen molar-refractivity contribution in [2.45, 2.75) is 6.42 Å². The number of rotatable bonds is 4. The van der Waals surface area contributed by atoms with Crippen LogP contribution in [0, 0.1) is 5.82 Å². The maximum absolute atomic E-state index is 13.0. The van der Waals surface area contributed by atoms with Gasteiger partial charge in [0.2, 0.25) is 0 Å². The molecule has 0 aliphatic heterocycles. The molecule has 3 nitrogen and oxygen atoms in total. The van der Waals surface area contributed by atoms with Crippen LogP contribution in [0.15, 0.2) is 30.3 Å². The number of nitrogens with zero attached hydrogens (tertiary/aromatic N) is 1. The smallest absolute Gasteiger partial charge is 0.123 e. The molecule has 2 rings (SSSR count). The van der Waals surface area contributed by atoms with E-state index >= 15 is 0 Å². The first-order chi connectivity index (χ1) is 7.79. The van der Waals surface area contributed by atoms with Crippen molar-refractivity contribution < 1.29 is 4.39 Å². The number of aromatic nitrogens is 2. The number of hydrogen-bond acceptors (Lipinski definition) is 2. The molecule has 0 bridgehead atoms. The first-order valence-electron chi connectivity index (χ1n) is 5.24. The first-order valence-corrected chi connectivity index (χ1v) is 5.24. The first kappa shape index (κ1) is 10.8. The summed E-state index contributed by atoms with van der Waals surface area (Å²) in [6.07, 6.45) is 0.888. The molecule has 0 radical (unpaired) electrons. The van der Waals surface area contributed by atoms with E-state index in [2.05, 4.69) is 15.5 Å². The zero-order valence-corrected chi connectivity index (χ0v) is 9.13. The average molecular weight is 219 g/mol. The Bertz CT molecular complexity index is 465. The molecule has 16 heavy (non-hydrogen) atoms. The van der Waals surface area contributed by atoms with E-state index in [1.807, 2.05) is 19.2 Å². The van der Waals surface area contributed by atoms with Gasteiger partial charge < -0.3 is 5.32 Å². The normalized spacial score (nSPS) is 10.6. The van der Waals surface area contributed by atoms with Gasteiger partial charge in [0.1, 0.15) is 5.82 Å². The van der Waals surface area contributed by atoms with Crippen molar-refractivity contribution in [2.75, 3.05) is 13.6 Å². The van der Waals surface area contributed by atoms with Gasteiger partial charge in [-0.3, -0.25) is 5.10 Å². The fraction of sp³-hybridized carbons (Fsp3) is 0.250. The van der Waals surface area contributed by atoms with Crippen molar-refractivity contribution in [1.29, 1.82) is 0 Å². The highest BCUT2D eigenvalue weighted by atomic mass is 19.1. The van der Waals surface area contributed by atoms with Gasteiger partial charge in [0.05, 0.1) is 5.69 Å². The fourth-order valence-corrected chi connectivity index (χ4v) is 1.55. The summed E-state index contributed by atoms with van der Waals surface area (Å²) in [4.78, 5) is 0. The van der Waals surface area contributed by atoms with Gasteiger partial charge in [0.15, 0.2) is 0 Å². The van der Waals surface area contributed by atoms with Crippen LogP contribution in [-0.4, -0.2) is 23.8 Å². The van der Waals surface area contributed by atoms with Gasteiger partial charge in [-0.25, -0.2) is 4.39 Å². The molecule has 1 aromatic carbocycles. The van der Waals surface area contributed by atoms with Gasteiger partial charge >= 0.3 is 0 Å². The van der Waals surface area contributed by atoms with Crippen LogP contribution in [0.4, 0.5) is 4.39 Å². The van der Waals surface area contributed by atoms with E-state index in [1.54, 1.807) is 6.07 Å². The summed E-state index contributed by atoms with van der Waals surface area (Å²) in [5, 5.41) is 10.2. The molecule has 0 unspecified atom stereocenters. The second-order valence-corrected chi connectivity index (χ2v) is 3.64. The van der Waals surface area contributed by atoms with Crippen LogP contribution >= 0.6 is 0 Å². The van der Waals surface area contributed by atoms with Gasteiger partial charge in [-0.1, -0.05) is 12.1 Å². The molecule has 1 aromatic heterocycles. The SMILES string of the molecule is CNCCc1cc(-c2cccc(F)c2)n[nH]1. The number of benzene rings is 1. The predicted octanol–water partition coefficient (Wildman–Crippen LogP) is 1.98. The van der Waals surface area contributed by atoms with Gasteiger partial charge in [-0.15, -0.1) is 0 Å². The van der Waals surface area contributed by atoms with E-state index in [-0.39, 0.29) is 5.82 Å². The molecule has 2 N–H and O–H groups in total. The van der Waals surface area contributed by atoms with E-state index in [0.29, 0.717) is 0 Å². The number of likely N-dealkylation sites (N-methyl/N-ethyl adjacent to an activating group) is 1. The third kappa shape index (κ3) is 2.46. The van der Waals surface area contributed by atoms with E-state index in [1.165, 1.54) is 12.1 Å². The summed E-state index contributed by atoms with van der Waals surface area (Å²) in [7, 11) is 1.91. The van der Waals surface area contributed by atoms with Crippen molar-refractivity contribution in [1.82, 2.24) is 15.5 Å². The number of aromatic amines is 1. The summed E-state index contributed by atoms with van der Waals surface area (Å²) in [6.45, 7) is 0.894. The van der Waals surface area contributed by atoms with Gasteiger partial charge in [-0.05, 0) is 25.2 Å². The molecule has 1 heterocycles. The summed E-state index contributed by atoms with van der Waals surface area (Å²) in [5.74, 6) is -0.239. The van der Waals surface area contributed by atoms with Crippen molar-refractivity contribution in [2.24, 2.45) is 0 Å². The van der Waals surface area contributed by atoms with Crippen LogP contribution in [-0.2, 0) is 6.42 Å². The molecule has 0 atom stereocenters. The van der Waals surface area contributed by atoms with Gasteiger partial charge in [-0.2, -0.15) is 5.10 Å². The molecule has 0 spiro atoms. The minimum absolute atomic E-state index is 0.239. The largest absolute Gasteiger partial charge is 0.319 e. The minimum Gasteiger partial charge on any atom is -0.319 e. The van der Waals surface area contributed by atoms with Crippen molar-refractivity contribution in [3.8, 4) is 11.3 Å². The Morgan fingerprint density at radius 1 is 1.38 bits per heavy atom. The summed E-state index contributed by atoms with van der Waals surface area (Å²) < 4.78 is 13.0. The van der Waals surface area contributed by atoms with E-state index in [4.69, 9.17) is 0 Å². The lowest BCUT2D eigenvalue weighted by atomic mass is 10.1. The molecule has 0 aliphatic carbocycles. The van der Waals surface area contributed by atoms with Crippen LogP contribution < -0.4 is 5.32 Å². The lowest BCUT2D eigenvalue weighted by Gasteiger charge is -1.95. The average Bonchev–Trinajstić information content (AvgIpc) is 2.75. The number of nitrogens with one attached hydrogen (secondary N) is 2. The van der Waals surface area contributed by atoms with Crippen LogP contribution in [0.25, 0.3) is 11.3 Å². The highest BCUT2D eigenvalue weighted by Gasteiger charge is 2.04. The Hall–Kier alpha value is -1.68. The topological polar surface area (TPSA) is 40.7 Å². The highest BCUT2D eigenvalue weighted by Crippen LogP contribution is 2.18. The van der Waals surface area contributed by atoms with E-state index in [9.17, 15) is 4.39 Å². The lowest BCUT2D eigenvalue weighted by Crippen LogP contribution is -2.10. The minimum atomic E-state index is -0.239.